The minimum atomic E-state index is -3.92. The third-order valence-corrected chi connectivity index (χ3v) is 7.94. The SMILES string of the molecule is C=CCOC(=O)NCCCC[C@H](N)C(=O)NC[C@H](NC(=O)[C@@H]1CCCN1S(=O)(=O)c1ccccc1)C(=O)OC. The molecule has 0 bridgehead atoms. The predicted octanol–water partition coefficient (Wildman–Crippen LogP) is 0.0235. The van der Waals surface area contributed by atoms with Crippen LogP contribution >= 0.6 is 0 Å². The maximum Gasteiger partial charge on any atom is 0.407 e. The van der Waals surface area contributed by atoms with Crippen LogP contribution in [0.3, 0.4) is 0 Å². The van der Waals surface area contributed by atoms with Crippen molar-refractivity contribution in [1.29, 1.82) is 0 Å². The molecule has 1 aliphatic rings. The highest BCUT2D eigenvalue weighted by Crippen LogP contribution is 2.26. The smallest absolute Gasteiger partial charge is 0.407 e. The van der Waals surface area contributed by atoms with E-state index in [1.807, 2.05) is 0 Å². The van der Waals surface area contributed by atoms with Crippen LogP contribution in [-0.2, 0) is 33.9 Å². The molecular formula is C25H37N5O8S. The Bertz CT molecular complexity index is 1100. The van der Waals surface area contributed by atoms with E-state index in [1.165, 1.54) is 18.2 Å². The number of rotatable bonds is 15. The van der Waals surface area contributed by atoms with Crippen molar-refractivity contribution in [3.05, 3.63) is 43.0 Å². The van der Waals surface area contributed by atoms with Gasteiger partial charge in [0, 0.05) is 19.6 Å². The van der Waals surface area contributed by atoms with E-state index in [0.29, 0.717) is 32.2 Å². The first-order valence-corrected chi connectivity index (χ1v) is 14.1. The second kappa shape index (κ2) is 15.8. The lowest BCUT2D eigenvalue weighted by Crippen LogP contribution is -2.55. The molecule has 1 heterocycles. The summed E-state index contributed by atoms with van der Waals surface area (Å²) in [6, 6.07) is 4.65. The Kier molecular flexibility index (Phi) is 12.9. The molecule has 5 N–H and O–H groups in total. The van der Waals surface area contributed by atoms with Gasteiger partial charge in [-0.15, -0.1) is 0 Å². The lowest BCUT2D eigenvalue weighted by atomic mass is 10.1. The van der Waals surface area contributed by atoms with Crippen molar-refractivity contribution in [3.63, 3.8) is 0 Å². The van der Waals surface area contributed by atoms with Crippen molar-refractivity contribution in [2.45, 2.75) is 55.1 Å². The quantitative estimate of drug-likeness (QED) is 0.129. The maximum absolute atomic E-state index is 13.1. The van der Waals surface area contributed by atoms with Gasteiger partial charge >= 0.3 is 12.1 Å². The number of carbonyl (C=O) groups excluding carboxylic acids is 4. The van der Waals surface area contributed by atoms with E-state index in [1.54, 1.807) is 18.2 Å². The number of sulfonamides is 1. The molecule has 13 nitrogen and oxygen atoms in total. The van der Waals surface area contributed by atoms with Crippen molar-refractivity contribution in [3.8, 4) is 0 Å². The minimum absolute atomic E-state index is 0.0684. The fraction of sp³-hybridized carbons (Fsp3) is 0.520. The molecule has 2 rings (SSSR count). The molecular weight excluding hydrogens is 530 g/mol. The Morgan fingerprint density at radius 3 is 2.56 bits per heavy atom. The number of hydrogen-bond donors (Lipinski definition) is 4. The summed E-state index contributed by atoms with van der Waals surface area (Å²) in [7, 11) is -2.78. The number of alkyl carbamates (subject to hydrolysis) is 1. The first kappa shape index (κ1) is 31.7. The summed E-state index contributed by atoms with van der Waals surface area (Å²) < 4.78 is 36.8. The van der Waals surface area contributed by atoms with E-state index in [9.17, 15) is 27.6 Å². The fourth-order valence-corrected chi connectivity index (χ4v) is 5.63. The van der Waals surface area contributed by atoms with Gasteiger partial charge in [-0.25, -0.2) is 18.0 Å². The van der Waals surface area contributed by atoms with Gasteiger partial charge in [-0.3, -0.25) is 9.59 Å². The molecule has 0 saturated carbocycles. The minimum Gasteiger partial charge on any atom is -0.467 e. The molecule has 0 unspecified atom stereocenters. The molecule has 0 spiro atoms. The average molecular weight is 568 g/mol. The standard InChI is InChI=1S/C25H37N5O8S/c1-3-16-38-25(34)27-14-8-7-12-19(26)22(31)28-17-20(24(33)37-2)29-23(32)21-13-9-15-30(21)39(35,36)18-10-5-4-6-11-18/h3-6,10-11,19-21H,1,7-9,12-17,26H2,2H3,(H,27,34)(H,28,31)(H,29,32)/t19-,20-,21-/m0/s1. The average Bonchev–Trinajstić information content (AvgIpc) is 3.45. The van der Waals surface area contributed by atoms with Crippen molar-refractivity contribution in [2.24, 2.45) is 5.73 Å². The highest BCUT2D eigenvalue weighted by molar-refractivity contribution is 7.89. The van der Waals surface area contributed by atoms with Crippen molar-refractivity contribution < 1.29 is 37.1 Å². The van der Waals surface area contributed by atoms with E-state index in [-0.39, 0.29) is 31.0 Å². The van der Waals surface area contributed by atoms with Crippen molar-refractivity contribution in [1.82, 2.24) is 20.3 Å². The first-order valence-electron chi connectivity index (χ1n) is 12.6. The van der Waals surface area contributed by atoms with Crippen LogP contribution in [0.25, 0.3) is 0 Å². The number of amides is 3. The van der Waals surface area contributed by atoms with Crippen molar-refractivity contribution >= 4 is 33.9 Å². The summed E-state index contributed by atoms with van der Waals surface area (Å²) in [5.41, 5.74) is 5.93. The van der Waals surface area contributed by atoms with Crippen LogP contribution in [0.15, 0.2) is 47.9 Å². The summed E-state index contributed by atoms with van der Waals surface area (Å²) in [5, 5.41) is 7.60. The number of hydrogen-bond acceptors (Lipinski definition) is 9. The Morgan fingerprint density at radius 2 is 1.90 bits per heavy atom. The Hall–Kier alpha value is -3.49. The summed E-state index contributed by atoms with van der Waals surface area (Å²) in [6.45, 7) is 3.77. The largest absolute Gasteiger partial charge is 0.467 e. The normalized spacial score (nSPS) is 16.9. The summed E-state index contributed by atoms with van der Waals surface area (Å²) >= 11 is 0. The van der Waals surface area contributed by atoms with Gasteiger partial charge in [0.05, 0.1) is 18.0 Å². The second-order valence-electron chi connectivity index (χ2n) is 8.83. The molecule has 1 fully saturated rings. The zero-order valence-electron chi connectivity index (χ0n) is 22.0. The highest BCUT2D eigenvalue weighted by atomic mass is 32.2. The van der Waals surface area contributed by atoms with Crippen molar-refractivity contribution in [2.75, 3.05) is 33.4 Å². The number of nitrogens with zero attached hydrogens (tertiary/aromatic N) is 1. The molecule has 1 saturated heterocycles. The predicted molar refractivity (Wildman–Crippen MR) is 142 cm³/mol. The molecule has 39 heavy (non-hydrogen) atoms. The topological polar surface area (TPSA) is 186 Å². The van der Waals surface area contributed by atoms with Gasteiger partial charge < -0.3 is 31.2 Å². The van der Waals surface area contributed by atoms with Gasteiger partial charge in [-0.05, 0) is 44.2 Å². The van der Waals surface area contributed by atoms with E-state index in [4.69, 9.17) is 15.2 Å². The zero-order valence-corrected chi connectivity index (χ0v) is 22.8. The number of benzene rings is 1. The molecule has 14 heteroatoms. The van der Waals surface area contributed by atoms with Crippen LogP contribution in [0.5, 0.6) is 0 Å². The van der Waals surface area contributed by atoms with Crippen LogP contribution in [0.4, 0.5) is 4.79 Å². The molecule has 3 amide bonds. The number of unbranched alkanes of at least 4 members (excludes halogenated alkanes) is 1. The van der Waals surface area contributed by atoms with Gasteiger partial charge in [-0.2, -0.15) is 4.31 Å². The summed E-state index contributed by atoms with van der Waals surface area (Å²) in [5.74, 6) is -2.01. The zero-order chi connectivity index (χ0) is 28.8. The molecule has 1 aliphatic heterocycles. The summed E-state index contributed by atoms with van der Waals surface area (Å²) in [4.78, 5) is 49.2. The van der Waals surface area contributed by atoms with E-state index in [0.717, 1.165) is 11.4 Å². The molecule has 216 valence electrons. The van der Waals surface area contributed by atoms with E-state index < -0.39 is 52.0 Å². The van der Waals surface area contributed by atoms with Gasteiger partial charge in [-0.1, -0.05) is 30.9 Å². The molecule has 0 aromatic heterocycles. The Balaban J connectivity index is 1.87. The lowest BCUT2D eigenvalue weighted by Gasteiger charge is -2.25. The van der Waals surface area contributed by atoms with Gasteiger partial charge in [0.15, 0.2) is 0 Å². The third kappa shape index (κ3) is 9.64. The second-order valence-corrected chi connectivity index (χ2v) is 10.7. The van der Waals surface area contributed by atoms with Gasteiger partial charge in [0.2, 0.25) is 21.8 Å². The number of esters is 1. The monoisotopic (exact) mass is 567 g/mol. The van der Waals surface area contributed by atoms with E-state index in [2.05, 4.69) is 22.5 Å². The van der Waals surface area contributed by atoms with Crippen LogP contribution < -0.4 is 21.7 Å². The Morgan fingerprint density at radius 1 is 1.18 bits per heavy atom. The number of methoxy groups -OCH3 is 1. The van der Waals surface area contributed by atoms with Gasteiger partial charge in [0.25, 0.3) is 0 Å². The van der Waals surface area contributed by atoms with Gasteiger partial charge in [0.1, 0.15) is 18.7 Å². The van der Waals surface area contributed by atoms with Crippen LogP contribution in [0.1, 0.15) is 32.1 Å². The molecule has 0 radical (unpaired) electrons. The van der Waals surface area contributed by atoms with Crippen LogP contribution in [-0.4, -0.2) is 88.1 Å². The van der Waals surface area contributed by atoms with Crippen LogP contribution in [0, 0.1) is 0 Å². The lowest BCUT2D eigenvalue weighted by molar-refractivity contribution is -0.145. The number of nitrogens with two attached hydrogens (primary N) is 1. The van der Waals surface area contributed by atoms with E-state index >= 15 is 0 Å². The number of nitrogens with one attached hydrogen (secondary N) is 3. The molecule has 1 aromatic carbocycles. The Labute approximate surface area is 228 Å². The highest BCUT2D eigenvalue weighted by Gasteiger charge is 2.40. The van der Waals surface area contributed by atoms with Crippen LogP contribution in [0.2, 0.25) is 0 Å². The number of ether oxygens (including phenoxy) is 2. The third-order valence-electron chi connectivity index (χ3n) is 6.02. The molecule has 3 atom stereocenters. The first-order chi connectivity index (χ1) is 18.6. The molecule has 0 aliphatic carbocycles. The number of carbonyl (C=O) groups is 4. The summed E-state index contributed by atoms with van der Waals surface area (Å²) in [6.07, 6.45) is 3.07. The molecule has 1 aromatic rings. The maximum atomic E-state index is 13.1. The fourth-order valence-electron chi connectivity index (χ4n) is 3.95.